The highest BCUT2D eigenvalue weighted by molar-refractivity contribution is 6.03. The number of hydrogen-bond acceptors (Lipinski definition) is 7. The van der Waals surface area contributed by atoms with E-state index in [-0.39, 0.29) is 11.6 Å². The second-order valence-corrected chi connectivity index (χ2v) is 5.91. The van der Waals surface area contributed by atoms with Crippen molar-refractivity contribution in [3.8, 4) is 11.5 Å². The average molecular weight is 371 g/mol. The van der Waals surface area contributed by atoms with Crippen LogP contribution in [0.1, 0.15) is 10.5 Å². The van der Waals surface area contributed by atoms with Gasteiger partial charge in [-0.15, -0.1) is 0 Å². The Kier molecular flexibility index (Phi) is 5.70. The number of nitrogens with one attached hydrogen (secondary N) is 1. The van der Waals surface area contributed by atoms with Gasteiger partial charge in [0, 0.05) is 44.0 Å². The summed E-state index contributed by atoms with van der Waals surface area (Å²) in [7, 11) is 3.08. The Morgan fingerprint density at radius 1 is 1.07 bits per heavy atom. The summed E-state index contributed by atoms with van der Waals surface area (Å²) in [6.45, 7) is 2.57. The molecule has 0 unspecified atom stereocenters. The van der Waals surface area contributed by atoms with Gasteiger partial charge < -0.3 is 24.6 Å². The van der Waals surface area contributed by atoms with Gasteiger partial charge in [-0.2, -0.15) is 0 Å². The second-order valence-electron chi connectivity index (χ2n) is 5.91. The first-order valence-corrected chi connectivity index (χ1v) is 8.44. The Morgan fingerprint density at radius 2 is 1.81 bits per heavy atom. The van der Waals surface area contributed by atoms with Gasteiger partial charge in [-0.05, 0) is 12.1 Å². The number of piperazine rings is 1. The largest absolute Gasteiger partial charge is 0.493 e. The molecule has 27 heavy (non-hydrogen) atoms. The van der Waals surface area contributed by atoms with Gasteiger partial charge in [0.05, 0.1) is 14.2 Å². The van der Waals surface area contributed by atoms with Crippen molar-refractivity contribution in [3.63, 3.8) is 0 Å². The van der Waals surface area contributed by atoms with E-state index in [4.69, 9.17) is 9.47 Å². The maximum absolute atomic E-state index is 12.6. The minimum absolute atomic E-state index is 0.257. The van der Waals surface area contributed by atoms with Crippen LogP contribution in [-0.4, -0.2) is 67.6 Å². The molecule has 1 fully saturated rings. The van der Waals surface area contributed by atoms with Crippen LogP contribution in [0.3, 0.4) is 0 Å². The summed E-state index contributed by atoms with van der Waals surface area (Å²) < 4.78 is 10.4. The van der Waals surface area contributed by atoms with Gasteiger partial charge in [-0.25, -0.2) is 9.97 Å². The highest BCUT2D eigenvalue weighted by atomic mass is 16.5. The number of aromatic nitrogens is 2. The summed E-state index contributed by atoms with van der Waals surface area (Å²) in [6.07, 6.45) is 2.21. The number of rotatable bonds is 6. The van der Waals surface area contributed by atoms with Crippen LogP contribution in [0.4, 0.5) is 11.5 Å². The number of carbonyl (C=O) groups excluding carboxylic acids is 2. The van der Waals surface area contributed by atoms with Crippen LogP contribution in [0.5, 0.6) is 11.5 Å². The van der Waals surface area contributed by atoms with Crippen molar-refractivity contribution in [2.24, 2.45) is 0 Å². The van der Waals surface area contributed by atoms with Crippen LogP contribution in [0, 0.1) is 0 Å². The molecule has 0 saturated carbocycles. The molecule has 2 heterocycles. The molecule has 142 valence electrons. The van der Waals surface area contributed by atoms with E-state index in [0.29, 0.717) is 49.2 Å². The van der Waals surface area contributed by atoms with Crippen LogP contribution < -0.4 is 19.7 Å². The fraction of sp³-hybridized carbons (Fsp3) is 0.333. The van der Waals surface area contributed by atoms with Gasteiger partial charge in [0.1, 0.15) is 17.8 Å². The minimum Gasteiger partial charge on any atom is -0.493 e. The maximum atomic E-state index is 12.6. The van der Waals surface area contributed by atoms with E-state index in [9.17, 15) is 9.59 Å². The fourth-order valence-corrected chi connectivity index (χ4v) is 2.81. The van der Waals surface area contributed by atoms with E-state index in [1.807, 2.05) is 4.90 Å². The Morgan fingerprint density at radius 3 is 2.48 bits per heavy atom. The highest BCUT2D eigenvalue weighted by Gasteiger charge is 2.18. The molecule has 1 aromatic heterocycles. The Bertz CT molecular complexity index is 821. The van der Waals surface area contributed by atoms with Crippen LogP contribution >= 0.6 is 0 Å². The van der Waals surface area contributed by atoms with Crippen LogP contribution in [-0.2, 0) is 4.79 Å². The molecule has 0 bridgehead atoms. The molecule has 0 atom stereocenters. The fourth-order valence-electron chi connectivity index (χ4n) is 2.81. The van der Waals surface area contributed by atoms with E-state index in [0.717, 1.165) is 6.41 Å². The average Bonchev–Trinajstić information content (AvgIpc) is 2.73. The molecular formula is C18H21N5O4. The monoisotopic (exact) mass is 371 g/mol. The van der Waals surface area contributed by atoms with E-state index >= 15 is 0 Å². The van der Waals surface area contributed by atoms with Crippen LogP contribution in [0.25, 0.3) is 0 Å². The SMILES string of the molecule is COc1ccc(NC(=O)c2cc(N3CCN(C=O)CC3)ncn2)cc1OC. The number of amides is 2. The number of benzene rings is 1. The second kappa shape index (κ2) is 8.35. The predicted molar refractivity (Wildman–Crippen MR) is 99.4 cm³/mol. The van der Waals surface area contributed by atoms with Crippen molar-refractivity contribution in [2.45, 2.75) is 0 Å². The molecule has 1 saturated heterocycles. The molecule has 0 radical (unpaired) electrons. The standard InChI is InChI=1S/C18H21N5O4/c1-26-15-4-3-13(9-16(15)27-2)21-18(25)14-10-17(20-11-19-14)23-7-5-22(12-24)6-8-23/h3-4,9-12H,5-8H2,1-2H3,(H,21,25). The number of nitrogens with zero attached hydrogens (tertiary/aromatic N) is 4. The third-order valence-electron chi connectivity index (χ3n) is 4.31. The number of hydrogen-bond donors (Lipinski definition) is 1. The summed E-state index contributed by atoms with van der Waals surface area (Å²) >= 11 is 0. The number of carbonyl (C=O) groups is 2. The Hall–Kier alpha value is -3.36. The molecule has 0 aliphatic carbocycles. The molecule has 1 N–H and O–H groups in total. The van der Waals surface area contributed by atoms with E-state index in [2.05, 4.69) is 15.3 Å². The quantitative estimate of drug-likeness (QED) is 0.757. The van der Waals surface area contributed by atoms with Crippen molar-refractivity contribution >= 4 is 23.8 Å². The maximum Gasteiger partial charge on any atom is 0.274 e. The normalized spacial score (nSPS) is 13.9. The zero-order chi connectivity index (χ0) is 19.2. The smallest absolute Gasteiger partial charge is 0.274 e. The van der Waals surface area contributed by atoms with Gasteiger partial charge >= 0.3 is 0 Å². The first kappa shape index (κ1) is 18.4. The molecule has 1 aromatic carbocycles. The lowest BCUT2D eigenvalue weighted by Gasteiger charge is -2.33. The first-order chi connectivity index (χ1) is 13.1. The van der Waals surface area contributed by atoms with Crippen molar-refractivity contribution < 1.29 is 19.1 Å². The molecule has 1 aliphatic heterocycles. The van der Waals surface area contributed by atoms with Crippen molar-refractivity contribution in [3.05, 3.63) is 36.3 Å². The molecular weight excluding hydrogens is 350 g/mol. The van der Waals surface area contributed by atoms with Crippen LogP contribution in [0.15, 0.2) is 30.6 Å². The van der Waals surface area contributed by atoms with Gasteiger partial charge in [-0.3, -0.25) is 9.59 Å². The zero-order valence-corrected chi connectivity index (χ0v) is 15.2. The molecule has 9 heteroatoms. The summed E-state index contributed by atoms with van der Waals surface area (Å²) in [5.74, 6) is 1.41. The molecule has 2 amide bonds. The van der Waals surface area contributed by atoms with E-state index in [1.54, 1.807) is 36.3 Å². The molecule has 9 nitrogen and oxygen atoms in total. The highest BCUT2D eigenvalue weighted by Crippen LogP contribution is 2.29. The van der Waals surface area contributed by atoms with Gasteiger partial charge in [0.2, 0.25) is 6.41 Å². The minimum atomic E-state index is -0.350. The molecule has 0 spiro atoms. The zero-order valence-electron chi connectivity index (χ0n) is 15.2. The third-order valence-corrected chi connectivity index (χ3v) is 4.31. The summed E-state index contributed by atoms with van der Waals surface area (Å²) in [5.41, 5.74) is 0.824. The Balaban J connectivity index is 1.71. The summed E-state index contributed by atoms with van der Waals surface area (Å²) in [4.78, 5) is 35.4. The van der Waals surface area contributed by atoms with Crippen molar-refractivity contribution in [1.82, 2.24) is 14.9 Å². The van der Waals surface area contributed by atoms with Crippen LogP contribution in [0.2, 0.25) is 0 Å². The van der Waals surface area contributed by atoms with E-state index in [1.165, 1.54) is 13.4 Å². The topological polar surface area (TPSA) is 96.9 Å². The first-order valence-electron chi connectivity index (χ1n) is 8.44. The predicted octanol–water partition coefficient (Wildman–Crippen LogP) is 1.02. The summed E-state index contributed by atoms with van der Waals surface area (Å²) in [6, 6.07) is 6.76. The van der Waals surface area contributed by atoms with Crippen molar-refractivity contribution in [1.29, 1.82) is 0 Å². The van der Waals surface area contributed by atoms with Gasteiger partial charge in [-0.1, -0.05) is 0 Å². The van der Waals surface area contributed by atoms with Gasteiger partial charge in [0.25, 0.3) is 5.91 Å². The molecule has 1 aliphatic rings. The lowest BCUT2D eigenvalue weighted by atomic mass is 10.2. The lowest BCUT2D eigenvalue weighted by Crippen LogP contribution is -2.46. The number of methoxy groups -OCH3 is 2. The number of anilines is 2. The number of ether oxygens (including phenoxy) is 2. The summed E-state index contributed by atoms with van der Waals surface area (Å²) in [5, 5.41) is 2.79. The lowest BCUT2D eigenvalue weighted by molar-refractivity contribution is -0.118. The van der Waals surface area contributed by atoms with Gasteiger partial charge in [0.15, 0.2) is 11.5 Å². The Labute approximate surface area is 156 Å². The van der Waals surface area contributed by atoms with E-state index < -0.39 is 0 Å². The molecule has 2 aromatic rings. The molecule has 3 rings (SSSR count). The third kappa shape index (κ3) is 4.25. The van der Waals surface area contributed by atoms with Crippen molar-refractivity contribution in [2.75, 3.05) is 50.6 Å².